The van der Waals surface area contributed by atoms with Crippen molar-refractivity contribution in [3.63, 3.8) is 0 Å². The number of rotatable bonds is 6. The summed E-state index contributed by atoms with van der Waals surface area (Å²) < 4.78 is 44.5. The molecule has 3 heterocycles. The monoisotopic (exact) mass is 532 g/mol. The van der Waals surface area contributed by atoms with Crippen molar-refractivity contribution in [1.82, 2.24) is 29.7 Å². The highest BCUT2D eigenvalue weighted by molar-refractivity contribution is 5.99. The van der Waals surface area contributed by atoms with Crippen LogP contribution in [0.5, 0.6) is 0 Å². The number of fused-ring (bicyclic) bond motifs is 1. The van der Waals surface area contributed by atoms with E-state index < -0.39 is 17.8 Å². The molecular weight excluding hydrogens is 505 g/mol. The summed E-state index contributed by atoms with van der Waals surface area (Å²) in [6.07, 6.45) is -3.58. The van der Waals surface area contributed by atoms with Gasteiger partial charge in [-0.2, -0.15) is 23.4 Å². The number of hydrogen-bond donors (Lipinski definition) is 1. The van der Waals surface area contributed by atoms with E-state index in [4.69, 9.17) is 0 Å². The van der Waals surface area contributed by atoms with Gasteiger partial charge in [0.1, 0.15) is 5.56 Å². The second-order valence-electron chi connectivity index (χ2n) is 9.67. The van der Waals surface area contributed by atoms with Crippen LogP contribution in [0.4, 0.5) is 13.2 Å². The summed E-state index contributed by atoms with van der Waals surface area (Å²) >= 11 is 0. The Bertz CT molecular complexity index is 1650. The van der Waals surface area contributed by atoms with Gasteiger partial charge in [0, 0.05) is 23.4 Å². The number of halogens is 3. The average Bonchev–Trinajstić information content (AvgIpc) is 3.47. The van der Waals surface area contributed by atoms with Gasteiger partial charge in [0.2, 0.25) is 0 Å². The third kappa shape index (κ3) is 5.01. The molecule has 0 bridgehead atoms. The first-order valence-corrected chi connectivity index (χ1v) is 12.5. The lowest BCUT2D eigenvalue weighted by atomic mass is 10.0. The fourth-order valence-corrected chi connectivity index (χ4v) is 4.53. The average molecular weight is 533 g/mol. The van der Waals surface area contributed by atoms with Gasteiger partial charge in [0.05, 0.1) is 23.3 Å². The third-order valence-electron chi connectivity index (χ3n) is 6.75. The van der Waals surface area contributed by atoms with E-state index in [2.05, 4.69) is 20.5 Å². The van der Waals surface area contributed by atoms with Crippen molar-refractivity contribution >= 4 is 11.6 Å². The van der Waals surface area contributed by atoms with E-state index in [1.165, 1.54) is 0 Å². The maximum atomic E-state index is 14.0. The van der Waals surface area contributed by atoms with Crippen molar-refractivity contribution in [2.24, 2.45) is 0 Å². The topological polar surface area (TPSA) is 77.1 Å². The van der Waals surface area contributed by atoms with E-state index in [0.29, 0.717) is 10.1 Å². The lowest BCUT2D eigenvalue weighted by molar-refractivity contribution is -0.142. The van der Waals surface area contributed by atoms with Gasteiger partial charge in [-0.25, -0.2) is 14.2 Å². The number of benzene rings is 2. The first-order valence-electron chi connectivity index (χ1n) is 12.5. The Morgan fingerprint density at radius 2 is 1.72 bits per heavy atom. The van der Waals surface area contributed by atoms with Gasteiger partial charge in [-0.3, -0.25) is 4.79 Å². The molecule has 39 heavy (non-hydrogen) atoms. The Labute approximate surface area is 223 Å². The highest BCUT2D eigenvalue weighted by Gasteiger charge is 2.36. The fraction of sp³-hybridized carbons (Fsp3) is 0.241. The summed E-state index contributed by atoms with van der Waals surface area (Å²) in [7, 11) is 0. The maximum Gasteiger partial charge on any atom is 0.433 e. The van der Waals surface area contributed by atoms with E-state index >= 15 is 0 Å². The number of nitrogens with zero attached hydrogens (tertiary/aromatic N) is 5. The minimum atomic E-state index is -4.70. The Kier molecular flexibility index (Phi) is 6.71. The standard InChI is InChI=1S/C29H27F3N6O/c1-17(2)20-10-12-21(13-11-20)25-14-26(29(30,31)32)38-27(35-25)24(16-34-38)28(39)33-15-23-18(3)36-37(19(23)4)22-8-6-5-7-9-22/h5-14,16-17H,15H2,1-4H3,(H,33,39). The summed E-state index contributed by atoms with van der Waals surface area (Å²) in [6.45, 7) is 7.96. The quantitative estimate of drug-likeness (QED) is 0.280. The number of para-hydroxylation sites is 1. The molecule has 0 aliphatic carbocycles. The molecule has 0 saturated heterocycles. The number of alkyl halides is 3. The molecule has 1 N–H and O–H groups in total. The predicted octanol–water partition coefficient (Wildman–Crippen LogP) is 6.27. The smallest absolute Gasteiger partial charge is 0.348 e. The van der Waals surface area contributed by atoms with Gasteiger partial charge < -0.3 is 5.32 Å². The van der Waals surface area contributed by atoms with Gasteiger partial charge in [-0.15, -0.1) is 0 Å². The Morgan fingerprint density at radius 1 is 1.03 bits per heavy atom. The molecule has 5 aromatic rings. The zero-order chi connectivity index (χ0) is 27.9. The minimum Gasteiger partial charge on any atom is -0.348 e. The van der Waals surface area contributed by atoms with Crippen LogP contribution < -0.4 is 5.32 Å². The molecule has 200 valence electrons. The molecule has 1 amide bonds. The van der Waals surface area contributed by atoms with Crippen molar-refractivity contribution in [3.8, 4) is 16.9 Å². The van der Waals surface area contributed by atoms with Crippen LogP contribution in [0.3, 0.4) is 0 Å². The number of carbonyl (C=O) groups excluding carboxylic acids is 1. The molecule has 0 atom stereocenters. The van der Waals surface area contributed by atoms with Crippen LogP contribution in [-0.2, 0) is 12.7 Å². The summed E-state index contributed by atoms with van der Waals surface area (Å²) in [4.78, 5) is 17.6. The molecular formula is C29H27F3N6O. The van der Waals surface area contributed by atoms with Gasteiger partial charge in [0.25, 0.3) is 5.91 Å². The molecule has 0 radical (unpaired) electrons. The van der Waals surface area contributed by atoms with Crippen LogP contribution in [-0.4, -0.2) is 30.3 Å². The summed E-state index contributed by atoms with van der Waals surface area (Å²) in [5.41, 5.74) is 3.74. The first kappa shape index (κ1) is 26.1. The van der Waals surface area contributed by atoms with Gasteiger partial charge in [-0.1, -0.05) is 56.3 Å². The Hall–Kier alpha value is -4.47. The lowest BCUT2D eigenvalue weighted by Crippen LogP contribution is -2.23. The predicted molar refractivity (Wildman–Crippen MR) is 142 cm³/mol. The lowest BCUT2D eigenvalue weighted by Gasteiger charge is -2.12. The van der Waals surface area contributed by atoms with Crippen molar-refractivity contribution in [2.75, 3.05) is 0 Å². The molecule has 0 spiro atoms. The zero-order valence-corrected chi connectivity index (χ0v) is 21.9. The number of carbonyl (C=O) groups is 1. The molecule has 3 aromatic heterocycles. The van der Waals surface area contributed by atoms with E-state index in [0.717, 1.165) is 40.5 Å². The number of amides is 1. The van der Waals surface area contributed by atoms with Gasteiger partial charge in [-0.05, 0) is 43.5 Å². The Balaban J connectivity index is 1.48. The Morgan fingerprint density at radius 3 is 2.36 bits per heavy atom. The van der Waals surface area contributed by atoms with Crippen molar-refractivity contribution in [1.29, 1.82) is 0 Å². The van der Waals surface area contributed by atoms with E-state index in [-0.39, 0.29) is 29.4 Å². The van der Waals surface area contributed by atoms with E-state index in [1.807, 2.05) is 70.2 Å². The van der Waals surface area contributed by atoms with Gasteiger partial charge >= 0.3 is 6.18 Å². The molecule has 0 saturated carbocycles. The van der Waals surface area contributed by atoms with Crippen LogP contribution in [0.15, 0.2) is 66.9 Å². The van der Waals surface area contributed by atoms with E-state index in [1.54, 1.807) is 16.8 Å². The number of aromatic nitrogens is 5. The third-order valence-corrected chi connectivity index (χ3v) is 6.75. The van der Waals surface area contributed by atoms with Crippen molar-refractivity contribution in [3.05, 3.63) is 101 Å². The molecule has 0 aliphatic rings. The highest BCUT2D eigenvalue weighted by Crippen LogP contribution is 2.33. The van der Waals surface area contributed by atoms with Crippen LogP contribution in [0.25, 0.3) is 22.6 Å². The first-order chi connectivity index (χ1) is 18.5. The molecule has 5 rings (SSSR count). The second kappa shape index (κ2) is 10.0. The van der Waals surface area contributed by atoms with Crippen LogP contribution in [0.1, 0.15) is 58.3 Å². The minimum absolute atomic E-state index is 0.0492. The molecule has 7 nitrogen and oxygen atoms in total. The summed E-state index contributed by atoms with van der Waals surface area (Å²) in [5, 5.41) is 11.3. The van der Waals surface area contributed by atoms with Gasteiger partial charge in [0.15, 0.2) is 11.3 Å². The molecule has 2 aromatic carbocycles. The van der Waals surface area contributed by atoms with E-state index in [9.17, 15) is 18.0 Å². The largest absolute Gasteiger partial charge is 0.433 e. The number of aryl methyl sites for hydroxylation is 1. The fourth-order valence-electron chi connectivity index (χ4n) is 4.53. The van der Waals surface area contributed by atoms with Crippen molar-refractivity contribution in [2.45, 2.75) is 46.3 Å². The number of hydrogen-bond acceptors (Lipinski definition) is 4. The van der Waals surface area contributed by atoms with Crippen LogP contribution in [0, 0.1) is 13.8 Å². The highest BCUT2D eigenvalue weighted by atomic mass is 19.4. The normalized spacial score (nSPS) is 11.9. The molecule has 10 heteroatoms. The summed E-state index contributed by atoms with van der Waals surface area (Å²) in [6, 6.07) is 17.7. The molecule has 0 fully saturated rings. The second-order valence-corrected chi connectivity index (χ2v) is 9.67. The molecule has 0 aliphatic heterocycles. The zero-order valence-electron chi connectivity index (χ0n) is 21.9. The van der Waals surface area contributed by atoms with Crippen molar-refractivity contribution < 1.29 is 18.0 Å². The van der Waals surface area contributed by atoms with Crippen LogP contribution in [0.2, 0.25) is 0 Å². The SMILES string of the molecule is Cc1nn(-c2ccccc2)c(C)c1CNC(=O)c1cnn2c(C(F)(F)F)cc(-c3ccc(C(C)C)cc3)nc12. The molecule has 0 unspecified atom stereocenters. The summed E-state index contributed by atoms with van der Waals surface area (Å²) in [5.74, 6) is -0.304. The maximum absolute atomic E-state index is 14.0. The number of nitrogens with one attached hydrogen (secondary N) is 1. The van der Waals surface area contributed by atoms with Crippen LogP contribution >= 0.6 is 0 Å².